The number of aliphatic carboxylic acids is 3. The van der Waals surface area contributed by atoms with Crippen LogP contribution in [-0.4, -0.2) is 332 Å². The lowest BCUT2D eigenvalue weighted by Gasteiger charge is -2.54. The molecule has 0 bridgehead atoms. The first-order valence-electron chi connectivity index (χ1n) is 31.9. The number of carboxylic acid groups (broad SMARTS) is 3. The van der Waals surface area contributed by atoms with Crippen LogP contribution in [0, 0.1) is 11.8 Å². The molecule has 0 amide bonds. The molecule has 28 heteroatoms. The van der Waals surface area contributed by atoms with Gasteiger partial charge in [-0.05, 0) is 78.3 Å². The van der Waals surface area contributed by atoms with Crippen molar-refractivity contribution in [1.29, 1.82) is 0 Å². The molecule has 3 fully saturated rings. The molecule has 94 heavy (non-hydrogen) atoms. The van der Waals surface area contributed by atoms with Crippen molar-refractivity contribution in [3.05, 3.63) is 105 Å². The van der Waals surface area contributed by atoms with Gasteiger partial charge in [-0.25, -0.2) is 14.4 Å². The molecule has 530 valence electrons. The fourth-order valence-electron chi connectivity index (χ4n) is 13.5. The number of hydrogen-bond donors (Lipinski definition) is 9. The Morgan fingerprint density at radius 3 is 1.28 bits per heavy atom. The first-order chi connectivity index (χ1) is 43.9. The van der Waals surface area contributed by atoms with Crippen molar-refractivity contribution in [2.45, 2.75) is 138 Å². The van der Waals surface area contributed by atoms with Gasteiger partial charge in [-0.1, -0.05) is 78.1 Å². The number of carboxylic acids is 3. The lowest BCUT2D eigenvalue weighted by molar-refractivity contribution is -0.873. The van der Waals surface area contributed by atoms with Crippen LogP contribution in [0.5, 0.6) is 0 Å². The fourth-order valence-corrected chi connectivity index (χ4v) is 14.1. The second-order valence-electron chi connectivity index (χ2n) is 28.7. The van der Waals surface area contributed by atoms with Gasteiger partial charge in [-0.3, -0.25) is 14.7 Å². The normalized spacial score (nSPS) is 28.2. The monoisotopic (exact) mass is 1390 g/mol. The quantitative estimate of drug-likeness (QED) is 0.0375. The van der Waals surface area contributed by atoms with E-state index in [1.54, 1.807) is 72.5 Å². The highest BCUT2D eigenvalue weighted by molar-refractivity contribution is 6.31. The lowest BCUT2D eigenvalue weighted by Crippen LogP contribution is -2.70. The number of rotatable bonds is 37. The SMILES string of the molecule is C[C@@H]1[C@@H](COCC(=O)O)C[C@@H](O[C@H]2[C@H](O)[C@@H](N(Cc3cccc(Cl)c3)CC(O)C[N+](C)(C)C)[C@H](O[C@H]3[C@H](O)[C@@H](N(Cc4cccc(Cl)c4)CC(O)C[N+](C)(C)C)[C@H](C)O[C@@H]3COCC(=O)O)O[C@@H]2COCC(=O)O)[C@H](N(Cc2cccc(Cl)c2)CC(O)C[N+](C)(C)C)[C@H]1O. The van der Waals surface area contributed by atoms with E-state index in [1.807, 2.05) is 92.3 Å². The molecule has 6 rings (SSSR count). The maximum absolute atomic E-state index is 13.9. The lowest BCUT2D eigenvalue weighted by atomic mass is 9.73. The molecule has 2 saturated heterocycles. The molecule has 1 aliphatic carbocycles. The van der Waals surface area contributed by atoms with Gasteiger partial charge in [0.2, 0.25) is 0 Å². The average Bonchev–Trinajstić information content (AvgIpc) is 0.767. The molecule has 0 aromatic heterocycles. The molecule has 0 spiro atoms. The van der Waals surface area contributed by atoms with Gasteiger partial charge in [0.1, 0.15) is 94.4 Å². The summed E-state index contributed by atoms with van der Waals surface area (Å²) in [4.78, 5) is 41.7. The van der Waals surface area contributed by atoms with Gasteiger partial charge in [-0.2, -0.15) is 0 Å². The number of ether oxygens (including phenoxy) is 7. The van der Waals surface area contributed by atoms with Crippen LogP contribution >= 0.6 is 34.8 Å². The minimum absolute atomic E-state index is 0.00441. The minimum Gasteiger partial charge on any atom is -0.480 e. The van der Waals surface area contributed by atoms with E-state index in [1.165, 1.54) is 0 Å². The Morgan fingerprint density at radius 2 is 0.883 bits per heavy atom. The van der Waals surface area contributed by atoms with Gasteiger partial charge in [0.25, 0.3) is 0 Å². The number of likely N-dealkylation sites (N-methyl/N-ethyl adjacent to an activating group) is 3. The molecule has 25 nitrogen and oxygen atoms in total. The highest BCUT2D eigenvalue weighted by Crippen LogP contribution is 2.41. The van der Waals surface area contributed by atoms with Gasteiger partial charge in [0, 0.05) is 54.3 Å². The topological polar surface area (TPSA) is 308 Å². The molecule has 3 aliphatic rings. The minimum atomic E-state index is -1.79. The van der Waals surface area contributed by atoms with Crippen LogP contribution in [0.2, 0.25) is 15.1 Å². The van der Waals surface area contributed by atoms with Crippen molar-refractivity contribution in [1.82, 2.24) is 14.7 Å². The molecule has 2 heterocycles. The molecule has 2 aliphatic heterocycles. The summed E-state index contributed by atoms with van der Waals surface area (Å²) in [6.07, 6.45) is -17.1. The molecular formula is C66H104Cl3N6O19+3. The van der Waals surface area contributed by atoms with Gasteiger partial charge in [0.15, 0.2) is 6.29 Å². The van der Waals surface area contributed by atoms with E-state index in [0.29, 0.717) is 40.6 Å². The summed E-state index contributed by atoms with van der Waals surface area (Å²) in [6.45, 7) is 1.03. The largest absolute Gasteiger partial charge is 0.480 e. The van der Waals surface area contributed by atoms with E-state index in [2.05, 4.69) is 0 Å². The number of carbonyl (C=O) groups is 3. The van der Waals surface area contributed by atoms with E-state index in [9.17, 15) is 60.3 Å². The van der Waals surface area contributed by atoms with E-state index >= 15 is 0 Å². The zero-order chi connectivity index (χ0) is 69.6. The van der Waals surface area contributed by atoms with E-state index < -0.39 is 160 Å². The Morgan fingerprint density at radius 1 is 0.521 bits per heavy atom. The maximum Gasteiger partial charge on any atom is 0.329 e. The summed E-state index contributed by atoms with van der Waals surface area (Å²) < 4.78 is 46.9. The third-order valence-electron chi connectivity index (χ3n) is 17.0. The van der Waals surface area contributed by atoms with Crippen molar-refractivity contribution in [2.24, 2.45) is 11.8 Å². The Kier molecular flexibility index (Phi) is 30.1. The Bertz CT molecular complexity index is 2850. The van der Waals surface area contributed by atoms with Gasteiger partial charge < -0.3 is 92.6 Å². The van der Waals surface area contributed by atoms with E-state index in [0.717, 1.165) is 11.1 Å². The summed E-state index contributed by atoms with van der Waals surface area (Å²) in [5.41, 5.74) is 2.09. The van der Waals surface area contributed by atoms with E-state index in [-0.39, 0.29) is 65.4 Å². The van der Waals surface area contributed by atoms with Gasteiger partial charge >= 0.3 is 17.9 Å². The van der Waals surface area contributed by atoms with Crippen LogP contribution in [0.15, 0.2) is 72.8 Å². The summed E-state index contributed by atoms with van der Waals surface area (Å²) in [5, 5.41) is 107. The highest BCUT2D eigenvalue weighted by Gasteiger charge is 2.56. The Balaban J connectivity index is 1.57. The summed E-state index contributed by atoms with van der Waals surface area (Å²) in [6, 6.07) is 17.8. The summed E-state index contributed by atoms with van der Waals surface area (Å²) in [7, 11) is 17.3. The van der Waals surface area contributed by atoms with Crippen molar-refractivity contribution in [3.63, 3.8) is 0 Å². The van der Waals surface area contributed by atoms with E-state index in [4.69, 9.17) is 68.0 Å². The van der Waals surface area contributed by atoms with Crippen LogP contribution in [0.3, 0.4) is 0 Å². The second-order valence-corrected chi connectivity index (χ2v) is 30.1. The number of benzene rings is 3. The molecule has 18 atom stereocenters. The van der Waals surface area contributed by atoms with Crippen molar-refractivity contribution in [2.75, 3.05) is 142 Å². The Hall–Kier alpha value is -3.82. The number of quaternary nitrogens is 3. The van der Waals surface area contributed by atoms with Crippen molar-refractivity contribution >= 4 is 52.7 Å². The fraction of sp³-hybridized carbons (Fsp3) is 0.682. The number of aliphatic hydroxyl groups is 6. The van der Waals surface area contributed by atoms with Crippen molar-refractivity contribution in [3.8, 4) is 0 Å². The molecule has 3 aromatic rings. The number of nitrogens with zero attached hydrogens (tertiary/aromatic N) is 6. The van der Waals surface area contributed by atoms with Crippen LogP contribution in [0.25, 0.3) is 0 Å². The number of halogens is 3. The zero-order valence-electron chi connectivity index (χ0n) is 56.1. The standard InChI is InChI=1S/C66H101Cl3N6O19/c1-40-45(34-88-37-55(79)80)24-52(59(61(40)85)71(29-50(77)32-74(6,7)8)26-43-16-13-19-47(68)22-43)92-64-54(36-90-39-57(83)84)93-66(60(63(64)87)72(30-51(78)33-75(9,10)11)27-44-17-14-20-48(69)23-44)94-65-53(35-89-38-56(81)82)91-41(2)58(62(65)86)70(28-49(76)31-73(3,4)5)25-42-15-12-18-46(67)21-42/h12-23,40-41,45,49-54,58-66,76-78,85-87H,24-39H2,1-11H3/p+3/t40-,41+,45-,49?,50?,51?,52-,53-,54-,58+,59+,60-,61+,62-,63-,64-,65-,66+/m1/s1. The molecular weight excluding hydrogens is 1290 g/mol. The predicted octanol–water partition coefficient (Wildman–Crippen LogP) is 2.45. The smallest absolute Gasteiger partial charge is 0.329 e. The average molecular weight is 1390 g/mol. The number of hydrogen-bond acceptors (Lipinski definition) is 19. The van der Waals surface area contributed by atoms with Crippen molar-refractivity contribution < 1.29 is 107 Å². The van der Waals surface area contributed by atoms with Crippen LogP contribution < -0.4 is 0 Å². The number of aliphatic hydroxyl groups excluding tert-OH is 6. The molecule has 0 radical (unpaired) electrons. The predicted molar refractivity (Wildman–Crippen MR) is 351 cm³/mol. The van der Waals surface area contributed by atoms with Gasteiger partial charge in [0.05, 0.1) is 120 Å². The second kappa shape index (κ2) is 35.8. The van der Waals surface area contributed by atoms with Crippen LogP contribution in [0.4, 0.5) is 0 Å². The van der Waals surface area contributed by atoms with Crippen LogP contribution in [0.1, 0.15) is 37.0 Å². The molecule has 3 unspecified atom stereocenters. The first kappa shape index (κ1) is 79.2. The van der Waals surface area contributed by atoms with Crippen LogP contribution in [-0.2, 0) is 67.2 Å². The summed E-state index contributed by atoms with van der Waals surface area (Å²) >= 11 is 19.8. The molecule has 1 saturated carbocycles. The molecule has 3 aromatic carbocycles. The maximum atomic E-state index is 13.9. The molecule has 9 N–H and O–H groups in total. The Labute approximate surface area is 568 Å². The first-order valence-corrected chi connectivity index (χ1v) is 33.0. The van der Waals surface area contributed by atoms with Gasteiger partial charge in [-0.15, -0.1) is 0 Å². The summed E-state index contributed by atoms with van der Waals surface area (Å²) in [5.74, 6) is -4.98. The zero-order valence-corrected chi connectivity index (χ0v) is 58.3. The third-order valence-corrected chi connectivity index (χ3v) is 17.7. The highest BCUT2D eigenvalue weighted by atomic mass is 35.5. The third kappa shape index (κ3) is 25.2.